The van der Waals surface area contributed by atoms with Gasteiger partial charge in [0.15, 0.2) is 0 Å². The van der Waals surface area contributed by atoms with Crippen molar-refractivity contribution in [3.8, 4) is 0 Å². The number of hydrogen-bond acceptors (Lipinski definition) is 3. The second-order valence-electron chi connectivity index (χ2n) is 5.38. The Labute approximate surface area is 106 Å². The fraction of sp³-hybridized carbons (Fsp3) is 0.833. The number of aliphatic carboxylic acids is 1. The minimum atomic E-state index is -0.816. The van der Waals surface area contributed by atoms with E-state index >= 15 is 0 Å². The molecule has 0 aromatic rings. The topological polar surface area (TPSA) is 89.9 Å². The summed E-state index contributed by atoms with van der Waals surface area (Å²) in [6.07, 6.45) is 3.01. The molecule has 0 aromatic heterocycles. The van der Waals surface area contributed by atoms with Gasteiger partial charge in [0.25, 0.3) is 0 Å². The van der Waals surface area contributed by atoms with E-state index in [1.165, 1.54) is 0 Å². The van der Waals surface area contributed by atoms with Crippen molar-refractivity contribution >= 4 is 12.0 Å². The Kier molecular flexibility index (Phi) is 3.75. The Morgan fingerprint density at radius 3 is 2.56 bits per heavy atom. The van der Waals surface area contributed by atoms with E-state index in [1.54, 1.807) is 4.90 Å². The van der Waals surface area contributed by atoms with Crippen LogP contribution in [0.3, 0.4) is 0 Å². The summed E-state index contributed by atoms with van der Waals surface area (Å²) in [4.78, 5) is 24.6. The number of carbonyl (C=O) groups excluding carboxylic acids is 1. The molecule has 0 radical (unpaired) electrons. The molecule has 1 heterocycles. The number of urea groups is 1. The summed E-state index contributed by atoms with van der Waals surface area (Å²) in [7, 11) is 0. The maximum Gasteiger partial charge on any atom is 0.317 e. The molecule has 2 amide bonds. The zero-order chi connectivity index (χ0) is 13.2. The lowest BCUT2D eigenvalue weighted by molar-refractivity contribution is -0.153. The molecule has 102 valence electrons. The number of nitrogens with zero attached hydrogens (tertiary/aromatic N) is 1. The van der Waals surface area contributed by atoms with Crippen molar-refractivity contribution in [3.63, 3.8) is 0 Å². The van der Waals surface area contributed by atoms with Gasteiger partial charge in [0.2, 0.25) is 0 Å². The second-order valence-corrected chi connectivity index (χ2v) is 5.38. The molecular weight excluding hydrogens is 236 g/mol. The van der Waals surface area contributed by atoms with Gasteiger partial charge in [0.1, 0.15) is 0 Å². The van der Waals surface area contributed by atoms with Gasteiger partial charge in [-0.05, 0) is 19.3 Å². The Bertz CT molecular complexity index is 341. The number of amides is 2. The Morgan fingerprint density at radius 1 is 1.39 bits per heavy atom. The summed E-state index contributed by atoms with van der Waals surface area (Å²) >= 11 is 0. The SMILES string of the molecule is O=C(NCC1(C(=O)O)CCC1)N1CCC(CO)C1. The quantitative estimate of drug-likeness (QED) is 0.673. The highest BCUT2D eigenvalue weighted by Gasteiger charge is 2.44. The van der Waals surface area contributed by atoms with E-state index < -0.39 is 11.4 Å². The molecule has 0 spiro atoms. The van der Waals surface area contributed by atoms with E-state index in [4.69, 9.17) is 10.2 Å². The highest BCUT2D eigenvalue weighted by Crippen LogP contribution is 2.40. The van der Waals surface area contributed by atoms with E-state index in [1.807, 2.05) is 0 Å². The van der Waals surface area contributed by atoms with Crippen LogP contribution < -0.4 is 5.32 Å². The van der Waals surface area contributed by atoms with Crippen LogP contribution in [0.25, 0.3) is 0 Å². The largest absolute Gasteiger partial charge is 0.481 e. The summed E-state index contributed by atoms with van der Waals surface area (Å²) in [6.45, 7) is 1.50. The lowest BCUT2D eigenvalue weighted by Crippen LogP contribution is -2.50. The molecule has 1 saturated carbocycles. The first-order valence-electron chi connectivity index (χ1n) is 6.44. The Hall–Kier alpha value is -1.30. The van der Waals surface area contributed by atoms with Crippen molar-refractivity contribution in [2.45, 2.75) is 25.7 Å². The van der Waals surface area contributed by atoms with Crippen molar-refractivity contribution in [2.75, 3.05) is 26.2 Å². The van der Waals surface area contributed by atoms with E-state index in [2.05, 4.69) is 5.32 Å². The average Bonchev–Trinajstić information content (AvgIpc) is 2.75. The normalized spacial score (nSPS) is 25.6. The molecule has 0 aromatic carbocycles. The van der Waals surface area contributed by atoms with E-state index in [0.29, 0.717) is 25.9 Å². The Balaban J connectivity index is 1.80. The lowest BCUT2D eigenvalue weighted by atomic mass is 9.69. The molecule has 18 heavy (non-hydrogen) atoms. The monoisotopic (exact) mass is 256 g/mol. The van der Waals surface area contributed by atoms with E-state index in [-0.39, 0.29) is 25.1 Å². The number of likely N-dealkylation sites (tertiary alicyclic amines) is 1. The fourth-order valence-electron chi connectivity index (χ4n) is 2.59. The van der Waals surface area contributed by atoms with Gasteiger partial charge in [-0.15, -0.1) is 0 Å². The first-order chi connectivity index (χ1) is 8.57. The van der Waals surface area contributed by atoms with Gasteiger partial charge < -0.3 is 20.4 Å². The zero-order valence-electron chi connectivity index (χ0n) is 10.4. The van der Waals surface area contributed by atoms with E-state index in [9.17, 15) is 9.59 Å². The first kappa shape index (κ1) is 13.1. The van der Waals surface area contributed by atoms with Crippen molar-refractivity contribution in [3.05, 3.63) is 0 Å². The molecule has 2 aliphatic rings. The van der Waals surface area contributed by atoms with Crippen LogP contribution in [0.1, 0.15) is 25.7 Å². The summed E-state index contributed by atoms with van der Waals surface area (Å²) in [5, 5.41) is 20.9. The third kappa shape index (κ3) is 2.43. The molecule has 2 rings (SSSR count). The first-order valence-corrected chi connectivity index (χ1v) is 6.44. The predicted octanol–water partition coefficient (Wildman–Crippen LogP) is 0.265. The van der Waals surface area contributed by atoms with Crippen LogP contribution in [0.2, 0.25) is 0 Å². The third-order valence-electron chi connectivity index (χ3n) is 4.17. The van der Waals surface area contributed by atoms with E-state index in [0.717, 1.165) is 12.8 Å². The summed E-state index contributed by atoms with van der Waals surface area (Å²) in [6, 6.07) is -0.210. The van der Waals surface area contributed by atoms with Crippen LogP contribution in [0.5, 0.6) is 0 Å². The minimum Gasteiger partial charge on any atom is -0.481 e. The van der Waals surface area contributed by atoms with Gasteiger partial charge in [0, 0.05) is 32.2 Å². The molecule has 3 N–H and O–H groups in total. The van der Waals surface area contributed by atoms with Crippen LogP contribution in [0, 0.1) is 11.3 Å². The third-order valence-corrected chi connectivity index (χ3v) is 4.17. The summed E-state index contributed by atoms with van der Waals surface area (Å²) in [5.74, 6) is -0.656. The standard InChI is InChI=1S/C12H20N2O4/c15-7-9-2-5-14(6-9)11(18)13-8-12(10(16)17)3-1-4-12/h9,15H,1-8H2,(H,13,18)(H,16,17). The maximum atomic E-state index is 11.9. The number of carbonyl (C=O) groups is 2. The number of aliphatic hydroxyl groups excluding tert-OH is 1. The van der Waals surface area contributed by atoms with Crippen LogP contribution >= 0.6 is 0 Å². The molecule has 1 saturated heterocycles. The number of aliphatic hydroxyl groups is 1. The lowest BCUT2D eigenvalue weighted by Gasteiger charge is -2.37. The summed E-state index contributed by atoms with van der Waals surface area (Å²) < 4.78 is 0. The van der Waals surface area contributed by atoms with Gasteiger partial charge in [-0.1, -0.05) is 6.42 Å². The number of carboxylic acids is 1. The van der Waals surface area contributed by atoms with Gasteiger partial charge in [-0.3, -0.25) is 4.79 Å². The number of rotatable bonds is 4. The van der Waals surface area contributed by atoms with Crippen LogP contribution in [0.4, 0.5) is 4.79 Å². The predicted molar refractivity (Wildman–Crippen MR) is 64.1 cm³/mol. The number of carboxylic acid groups (broad SMARTS) is 1. The molecule has 2 fully saturated rings. The fourth-order valence-corrected chi connectivity index (χ4v) is 2.59. The van der Waals surface area contributed by atoms with Gasteiger partial charge in [-0.25, -0.2) is 4.79 Å². The molecule has 1 aliphatic carbocycles. The molecule has 1 atom stereocenters. The highest BCUT2D eigenvalue weighted by atomic mass is 16.4. The molecule has 6 heteroatoms. The van der Waals surface area contributed by atoms with Gasteiger partial charge in [0.05, 0.1) is 5.41 Å². The molecule has 1 unspecified atom stereocenters. The zero-order valence-corrected chi connectivity index (χ0v) is 10.4. The smallest absolute Gasteiger partial charge is 0.317 e. The summed E-state index contributed by atoms with van der Waals surface area (Å²) in [5.41, 5.74) is -0.744. The van der Waals surface area contributed by atoms with Crippen molar-refractivity contribution in [2.24, 2.45) is 11.3 Å². The minimum absolute atomic E-state index is 0.100. The van der Waals surface area contributed by atoms with Gasteiger partial charge in [-0.2, -0.15) is 0 Å². The number of hydrogen-bond donors (Lipinski definition) is 3. The molecule has 1 aliphatic heterocycles. The van der Waals surface area contributed by atoms with Crippen molar-refractivity contribution < 1.29 is 19.8 Å². The van der Waals surface area contributed by atoms with Crippen LogP contribution in [-0.4, -0.2) is 53.4 Å². The molecule has 0 bridgehead atoms. The maximum absolute atomic E-state index is 11.9. The van der Waals surface area contributed by atoms with Crippen molar-refractivity contribution in [1.82, 2.24) is 10.2 Å². The number of nitrogens with one attached hydrogen (secondary N) is 1. The van der Waals surface area contributed by atoms with Crippen molar-refractivity contribution in [1.29, 1.82) is 0 Å². The van der Waals surface area contributed by atoms with Crippen LogP contribution in [-0.2, 0) is 4.79 Å². The second kappa shape index (κ2) is 5.14. The molecular formula is C12H20N2O4. The van der Waals surface area contributed by atoms with Crippen LogP contribution in [0.15, 0.2) is 0 Å². The highest BCUT2D eigenvalue weighted by molar-refractivity contribution is 5.79. The van der Waals surface area contributed by atoms with Gasteiger partial charge >= 0.3 is 12.0 Å². The average molecular weight is 256 g/mol. The molecule has 6 nitrogen and oxygen atoms in total. The Morgan fingerprint density at radius 2 is 2.11 bits per heavy atom.